The molecule has 3 rings (SSSR count). The summed E-state index contributed by atoms with van der Waals surface area (Å²) in [6, 6.07) is 9.43. The molecule has 0 spiro atoms. The predicted molar refractivity (Wildman–Crippen MR) is 70.3 cm³/mol. The Labute approximate surface area is 109 Å². The van der Waals surface area contributed by atoms with Crippen LogP contribution < -0.4 is 5.32 Å². The van der Waals surface area contributed by atoms with Gasteiger partial charge in [0.05, 0.1) is 0 Å². The van der Waals surface area contributed by atoms with Crippen molar-refractivity contribution in [2.75, 3.05) is 0 Å². The maximum Gasteiger partial charge on any atom is 0.178 e. The van der Waals surface area contributed by atoms with Crippen LogP contribution in [0.25, 0.3) is 0 Å². The summed E-state index contributed by atoms with van der Waals surface area (Å²) in [5.41, 5.74) is 3.11. The topological polar surface area (TPSA) is 37.8 Å². The van der Waals surface area contributed by atoms with Gasteiger partial charge in [0.25, 0.3) is 0 Å². The maximum absolute atomic E-state index is 4.02. The van der Waals surface area contributed by atoms with Gasteiger partial charge in [0.15, 0.2) is 4.34 Å². The molecule has 2 aromatic rings. The van der Waals surface area contributed by atoms with Crippen molar-refractivity contribution in [1.82, 2.24) is 15.5 Å². The molecule has 0 unspecified atom stereocenters. The molecule has 1 aliphatic rings. The summed E-state index contributed by atoms with van der Waals surface area (Å²) >= 11 is 3.24. The molecule has 17 heavy (non-hydrogen) atoms. The predicted octanol–water partition coefficient (Wildman–Crippen LogP) is 2.94. The normalized spacial score (nSPS) is 15.1. The van der Waals surface area contributed by atoms with E-state index >= 15 is 0 Å². The van der Waals surface area contributed by atoms with Crippen molar-refractivity contribution in [3.63, 3.8) is 0 Å². The molecular weight excluding hydrogens is 250 g/mol. The first kappa shape index (κ1) is 11.2. The van der Waals surface area contributed by atoms with Crippen LogP contribution in [-0.4, -0.2) is 16.2 Å². The van der Waals surface area contributed by atoms with Gasteiger partial charge in [-0.25, -0.2) is 0 Å². The van der Waals surface area contributed by atoms with E-state index in [2.05, 4.69) is 39.8 Å². The van der Waals surface area contributed by atoms with Crippen LogP contribution in [-0.2, 0) is 6.54 Å². The van der Waals surface area contributed by atoms with Crippen molar-refractivity contribution >= 4 is 23.1 Å². The summed E-state index contributed by atoms with van der Waals surface area (Å²) < 4.78 is 0.994. The number of aromatic nitrogens is 2. The fourth-order valence-electron chi connectivity index (χ4n) is 1.53. The van der Waals surface area contributed by atoms with Crippen LogP contribution in [0.5, 0.6) is 0 Å². The molecule has 0 bridgehead atoms. The largest absolute Gasteiger partial charge is 0.310 e. The third-order valence-corrected chi connectivity index (χ3v) is 4.43. The van der Waals surface area contributed by atoms with Gasteiger partial charge in [-0.05, 0) is 30.5 Å². The highest BCUT2D eigenvalue weighted by Gasteiger charge is 2.19. The standard InChI is InChI=1S/C12H13N3S2/c1-5-11(17-12-15-14-8-16-12)6-2-9(1)7-13-10-3-4-10/h1-2,5-6,8,10,13H,3-4,7H2. The third kappa shape index (κ3) is 3.28. The molecule has 5 heteroatoms. The number of nitrogens with zero attached hydrogens (tertiary/aromatic N) is 2. The first-order valence-electron chi connectivity index (χ1n) is 5.66. The van der Waals surface area contributed by atoms with E-state index in [4.69, 9.17) is 0 Å². The Morgan fingerprint density at radius 2 is 2.12 bits per heavy atom. The molecule has 0 aliphatic heterocycles. The summed E-state index contributed by atoms with van der Waals surface area (Å²) in [5, 5.41) is 11.4. The fraction of sp³-hybridized carbons (Fsp3) is 0.333. The molecule has 1 aromatic heterocycles. The van der Waals surface area contributed by atoms with Crippen molar-refractivity contribution in [1.29, 1.82) is 0 Å². The molecule has 0 saturated heterocycles. The molecule has 88 valence electrons. The van der Waals surface area contributed by atoms with E-state index < -0.39 is 0 Å². The van der Waals surface area contributed by atoms with Crippen LogP contribution >= 0.6 is 23.1 Å². The first-order chi connectivity index (χ1) is 8.40. The Morgan fingerprint density at radius 1 is 1.29 bits per heavy atom. The van der Waals surface area contributed by atoms with Gasteiger partial charge in [-0.3, -0.25) is 0 Å². The molecule has 3 nitrogen and oxygen atoms in total. The SMILES string of the molecule is c1nnc(Sc2ccc(CNC3CC3)cc2)s1. The van der Waals surface area contributed by atoms with Crippen LogP contribution in [0.3, 0.4) is 0 Å². The van der Waals surface area contributed by atoms with E-state index in [1.807, 2.05) is 0 Å². The minimum atomic E-state index is 0.769. The lowest BCUT2D eigenvalue weighted by atomic mass is 10.2. The van der Waals surface area contributed by atoms with E-state index in [0.717, 1.165) is 16.9 Å². The zero-order valence-electron chi connectivity index (χ0n) is 9.30. The lowest BCUT2D eigenvalue weighted by Crippen LogP contribution is -2.14. The zero-order valence-corrected chi connectivity index (χ0v) is 10.9. The smallest absolute Gasteiger partial charge is 0.178 e. The monoisotopic (exact) mass is 263 g/mol. The first-order valence-corrected chi connectivity index (χ1v) is 7.36. The molecular formula is C12H13N3S2. The van der Waals surface area contributed by atoms with E-state index in [0.29, 0.717) is 0 Å². The summed E-state index contributed by atoms with van der Waals surface area (Å²) in [5.74, 6) is 0. The number of benzene rings is 1. The Kier molecular flexibility index (Phi) is 3.40. The van der Waals surface area contributed by atoms with Gasteiger partial charge < -0.3 is 5.32 Å². The average molecular weight is 263 g/mol. The van der Waals surface area contributed by atoms with Crippen LogP contribution in [0.2, 0.25) is 0 Å². The van der Waals surface area contributed by atoms with Gasteiger partial charge >= 0.3 is 0 Å². The summed E-state index contributed by atoms with van der Waals surface area (Å²) in [4.78, 5) is 1.22. The fourth-order valence-corrected chi connectivity index (χ4v) is 2.98. The van der Waals surface area contributed by atoms with Crippen molar-refractivity contribution in [3.05, 3.63) is 35.3 Å². The Morgan fingerprint density at radius 3 is 2.76 bits per heavy atom. The third-order valence-electron chi connectivity index (χ3n) is 2.64. The molecule has 1 fully saturated rings. The molecule has 1 aromatic carbocycles. The van der Waals surface area contributed by atoms with Gasteiger partial charge in [0, 0.05) is 17.5 Å². The zero-order chi connectivity index (χ0) is 11.5. The minimum Gasteiger partial charge on any atom is -0.310 e. The summed E-state index contributed by atoms with van der Waals surface area (Å²) in [6.45, 7) is 0.981. The van der Waals surface area contributed by atoms with Crippen molar-refractivity contribution in [3.8, 4) is 0 Å². The summed E-state index contributed by atoms with van der Waals surface area (Å²) in [7, 11) is 0. The second kappa shape index (κ2) is 5.16. The molecule has 1 N–H and O–H groups in total. The highest BCUT2D eigenvalue weighted by Crippen LogP contribution is 2.28. The lowest BCUT2D eigenvalue weighted by Gasteiger charge is -2.03. The summed E-state index contributed by atoms with van der Waals surface area (Å²) in [6.07, 6.45) is 2.68. The second-order valence-corrected chi connectivity index (χ2v) is 6.26. The highest BCUT2D eigenvalue weighted by molar-refractivity contribution is 8.01. The van der Waals surface area contributed by atoms with Crippen molar-refractivity contribution in [2.45, 2.75) is 34.7 Å². The average Bonchev–Trinajstić information content (AvgIpc) is 3.05. The molecule has 0 atom stereocenters. The van der Waals surface area contributed by atoms with Crippen molar-refractivity contribution < 1.29 is 0 Å². The Balaban J connectivity index is 1.58. The molecule has 0 radical (unpaired) electrons. The van der Waals surface area contributed by atoms with E-state index in [1.54, 1.807) is 28.6 Å². The number of hydrogen-bond donors (Lipinski definition) is 1. The minimum absolute atomic E-state index is 0.769. The second-order valence-electron chi connectivity index (χ2n) is 4.11. The molecule has 0 amide bonds. The van der Waals surface area contributed by atoms with Crippen LogP contribution in [0, 0.1) is 0 Å². The van der Waals surface area contributed by atoms with E-state index in [-0.39, 0.29) is 0 Å². The van der Waals surface area contributed by atoms with Crippen molar-refractivity contribution in [2.24, 2.45) is 0 Å². The molecule has 1 saturated carbocycles. The van der Waals surface area contributed by atoms with E-state index in [1.165, 1.54) is 23.3 Å². The van der Waals surface area contributed by atoms with Crippen LogP contribution in [0.15, 0.2) is 39.0 Å². The van der Waals surface area contributed by atoms with Gasteiger partial charge in [-0.15, -0.1) is 10.2 Å². The van der Waals surface area contributed by atoms with Gasteiger partial charge in [-0.1, -0.05) is 35.2 Å². The van der Waals surface area contributed by atoms with Gasteiger partial charge in [0.1, 0.15) is 5.51 Å². The van der Waals surface area contributed by atoms with Crippen LogP contribution in [0.4, 0.5) is 0 Å². The lowest BCUT2D eigenvalue weighted by molar-refractivity contribution is 0.687. The number of hydrogen-bond acceptors (Lipinski definition) is 5. The Bertz CT molecular complexity index is 463. The number of rotatable bonds is 5. The van der Waals surface area contributed by atoms with Gasteiger partial charge in [-0.2, -0.15) is 0 Å². The quantitative estimate of drug-likeness (QED) is 0.900. The molecule has 1 aliphatic carbocycles. The number of nitrogens with one attached hydrogen (secondary N) is 1. The van der Waals surface area contributed by atoms with Crippen LogP contribution in [0.1, 0.15) is 18.4 Å². The van der Waals surface area contributed by atoms with E-state index in [9.17, 15) is 0 Å². The Hall–Kier alpha value is -0.910. The molecule has 1 heterocycles. The van der Waals surface area contributed by atoms with Gasteiger partial charge in [0.2, 0.25) is 0 Å². The highest BCUT2D eigenvalue weighted by atomic mass is 32.2. The maximum atomic E-state index is 4.02.